The van der Waals surface area contributed by atoms with Gasteiger partial charge < -0.3 is 20.1 Å². The van der Waals surface area contributed by atoms with Gasteiger partial charge in [-0.2, -0.15) is 0 Å². The van der Waals surface area contributed by atoms with E-state index in [4.69, 9.17) is 4.74 Å². The Kier molecular flexibility index (Phi) is 5.40. The van der Waals surface area contributed by atoms with Gasteiger partial charge >= 0.3 is 0 Å². The number of benzene rings is 1. The SMILES string of the molecule is COc1cc(N2CCC(C)CC2)c2ncc(C(=O)N[C@@H](CO)C3CC3)cc2c1. The molecule has 1 aliphatic carbocycles. The van der Waals surface area contributed by atoms with Crippen LogP contribution in [0.4, 0.5) is 5.69 Å². The van der Waals surface area contributed by atoms with Gasteiger partial charge in [0, 0.05) is 30.7 Å². The number of nitrogens with one attached hydrogen (secondary N) is 1. The van der Waals surface area contributed by atoms with Gasteiger partial charge in [0.05, 0.1) is 36.5 Å². The summed E-state index contributed by atoms with van der Waals surface area (Å²) in [4.78, 5) is 19.7. The van der Waals surface area contributed by atoms with Gasteiger partial charge in [0.1, 0.15) is 5.75 Å². The van der Waals surface area contributed by atoms with Gasteiger partial charge in [-0.25, -0.2) is 0 Å². The molecule has 0 spiro atoms. The molecule has 2 aromatic rings. The highest BCUT2D eigenvalue weighted by Gasteiger charge is 2.32. The molecule has 28 heavy (non-hydrogen) atoms. The van der Waals surface area contributed by atoms with Crippen LogP contribution in [0.1, 0.15) is 43.0 Å². The predicted octanol–water partition coefficient (Wildman–Crippen LogP) is 2.98. The average Bonchev–Trinajstić information content (AvgIpc) is 3.56. The molecule has 0 unspecified atom stereocenters. The minimum atomic E-state index is -0.184. The summed E-state index contributed by atoms with van der Waals surface area (Å²) in [5.74, 6) is 1.74. The van der Waals surface area contributed by atoms with Crippen LogP contribution in [0.5, 0.6) is 5.75 Å². The normalized spacial score (nSPS) is 18.9. The van der Waals surface area contributed by atoms with E-state index in [-0.39, 0.29) is 18.6 Å². The number of carbonyl (C=O) groups excluding carboxylic acids is 1. The molecule has 1 saturated carbocycles. The summed E-state index contributed by atoms with van der Waals surface area (Å²) in [6.07, 6.45) is 6.11. The number of methoxy groups -OCH3 is 1. The fraction of sp³-hybridized carbons (Fsp3) is 0.545. The second-order valence-electron chi connectivity index (χ2n) is 8.21. The number of piperidine rings is 1. The second kappa shape index (κ2) is 7.95. The van der Waals surface area contributed by atoms with Gasteiger partial charge in [-0.15, -0.1) is 0 Å². The van der Waals surface area contributed by atoms with Crippen molar-refractivity contribution in [3.63, 3.8) is 0 Å². The van der Waals surface area contributed by atoms with Crippen molar-refractivity contribution in [2.24, 2.45) is 11.8 Å². The summed E-state index contributed by atoms with van der Waals surface area (Å²) in [6.45, 7) is 4.29. The van der Waals surface area contributed by atoms with E-state index in [1.54, 1.807) is 13.3 Å². The standard InChI is InChI=1S/C22H29N3O3/c1-14-5-7-25(8-6-14)20-11-18(28-2)10-16-9-17(12-23-21(16)20)22(27)24-19(13-26)15-3-4-15/h9-12,14-15,19,26H,3-8,13H2,1-2H3,(H,24,27)/t19-/m0/s1. The maximum absolute atomic E-state index is 12.7. The molecule has 6 heteroatoms. The van der Waals surface area contributed by atoms with Crippen molar-refractivity contribution in [2.75, 3.05) is 31.7 Å². The highest BCUT2D eigenvalue weighted by molar-refractivity contribution is 6.00. The number of hydrogen-bond donors (Lipinski definition) is 2. The van der Waals surface area contributed by atoms with E-state index in [1.165, 1.54) is 12.8 Å². The Morgan fingerprint density at radius 2 is 2.04 bits per heavy atom. The maximum Gasteiger partial charge on any atom is 0.253 e. The quantitative estimate of drug-likeness (QED) is 0.802. The molecule has 1 aromatic heterocycles. The van der Waals surface area contributed by atoms with E-state index in [0.29, 0.717) is 11.5 Å². The number of pyridine rings is 1. The van der Waals surface area contributed by atoms with E-state index in [1.807, 2.05) is 18.2 Å². The Morgan fingerprint density at radius 3 is 2.68 bits per heavy atom. The monoisotopic (exact) mass is 383 g/mol. The smallest absolute Gasteiger partial charge is 0.253 e. The number of hydrogen-bond acceptors (Lipinski definition) is 5. The van der Waals surface area contributed by atoms with Crippen LogP contribution in [-0.4, -0.2) is 48.8 Å². The van der Waals surface area contributed by atoms with E-state index in [0.717, 1.165) is 54.2 Å². The Balaban J connectivity index is 1.64. The van der Waals surface area contributed by atoms with Crippen molar-refractivity contribution >= 4 is 22.5 Å². The molecule has 2 N–H and O–H groups in total. The van der Waals surface area contributed by atoms with Crippen molar-refractivity contribution in [1.29, 1.82) is 0 Å². The van der Waals surface area contributed by atoms with E-state index < -0.39 is 0 Å². The van der Waals surface area contributed by atoms with E-state index in [2.05, 4.69) is 22.1 Å². The first-order valence-electron chi connectivity index (χ1n) is 10.2. The lowest BCUT2D eigenvalue weighted by atomic mass is 9.98. The van der Waals surface area contributed by atoms with Crippen LogP contribution in [0.3, 0.4) is 0 Å². The molecule has 0 radical (unpaired) electrons. The number of aromatic nitrogens is 1. The van der Waals surface area contributed by atoms with Crippen molar-refractivity contribution in [2.45, 2.75) is 38.6 Å². The highest BCUT2D eigenvalue weighted by atomic mass is 16.5. The van der Waals surface area contributed by atoms with Crippen molar-refractivity contribution < 1.29 is 14.6 Å². The summed E-state index contributed by atoms with van der Waals surface area (Å²) in [5, 5.41) is 13.4. The van der Waals surface area contributed by atoms with Crippen molar-refractivity contribution in [1.82, 2.24) is 10.3 Å². The molecule has 4 rings (SSSR count). The average molecular weight is 383 g/mol. The van der Waals surface area contributed by atoms with Crippen molar-refractivity contribution in [3.8, 4) is 5.75 Å². The van der Waals surface area contributed by atoms with Crippen molar-refractivity contribution in [3.05, 3.63) is 30.0 Å². The first kappa shape index (κ1) is 19.0. The summed E-state index contributed by atoms with van der Waals surface area (Å²) >= 11 is 0. The lowest BCUT2D eigenvalue weighted by Gasteiger charge is -2.32. The molecule has 1 atom stereocenters. The first-order chi connectivity index (χ1) is 13.6. The van der Waals surface area contributed by atoms with Crippen LogP contribution in [0.2, 0.25) is 0 Å². The number of carbonyl (C=O) groups is 1. The zero-order valence-corrected chi connectivity index (χ0v) is 16.6. The number of fused-ring (bicyclic) bond motifs is 1. The van der Waals surface area contributed by atoms with Gasteiger partial charge in [0.25, 0.3) is 5.91 Å². The third kappa shape index (κ3) is 3.92. The first-order valence-corrected chi connectivity index (χ1v) is 10.2. The molecule has 1 aromatic carbocycles. The number of anilines is 1. The number of aliphatic hydroxyl groups is 1. The summed E-state index contributed by atoms with van der Waals surface area (Å²) < 4.78 is 5.51. The number of ether oxygens (including phenoxy) is 1. The molecule has 2 fully saturated rings. The van der Waals surface area contributed by atoms with Crippen LogP contribution in [-0.2, 0) is 0 Å². The lowest BCUT2D eigenvalue weighted by Crippen LogP contribution is -2.39. The molecular weight excluding hydrogens is 354 g/mol. The lowest BCUT2D eigenvalue weighted by molar-refractivity contribution is 0.0908. The molecule has 2 heterocycles. The van der Waals surface area contributed by atoms with Crippen LogP contribution >= 0.6 is 0 Å². The van der Waals surface area contributed by atoms with Gasteiger partial charge in [0.2, 0.25) is 0 Å². The minimum absolute atomic E-state index is 0.0250. The molecule has 6 nitrogen and oxygen atoms in total. The molecule has 0 bridgehead atoms. The Bertz CT molecular complexity index is 857. The van der Waals surface area contributed by atoms with Crippen LogP contribution < -0.4 is 15.0 Å². The summed E-state index contributed by atoms with van der Waals surface area (Å²) in [5.41, 5.74) is 2.48. The third-order valence-corrected chi connectivity index (χ3v) is 6.06. The molecule has 1 saturated heterocycles. The zero-order chi connectivity index (χ0) is 19.7. The van der Waals surface area contributed by atoms with Crippen LogP contribution in [0.25, 0.3) is 10.9 Å². The second-order valence-corrected chi connectivity index (χ2v) is 8.21. The topological polar surface area (TPSA) is 74.7 Å². The predicted molar refractivity (Wildman–Crippen MR) is 110 cm³/mol. The largest absolute Gasteiger partial charge is 0.497 e. The highest BCUT2D eigenvalue weighted by Crippen LogP contribution is 2.34. The zero-order valence-electron chi connectivity index (χ0n) is 16.6. The van der Waals surface area contributed by atoms with Gasteiger partial charge in [-0.1, -0.05) is 6.92 Å². The van der Waals surface area contributed by atoms with Gasteiger partial charge in [-0.3, -0.25) is 9.78 Å². The summed E-state index contributed by atoms with van der Waals surface area (Å²) in [6, 6.07) is 5.68. The fourth-order valence-corrected chi connectivity index (χ4v) is 4.00. The molecule has 2 aliphatic rings. The Hall–Kier alpha value is -2.34. The fourth-order valence-electron chi connectivity index (χ4n) is 4.00. The molecular formula is C22H29N3O3. The Morgan fingerprint density at radius 1 is 1.29 bits per heavy atom. The minimum Gasteiger partial charge on any atom is -0.497 e. The van der Waals surface area contributed by atoms with E-state index in [9.17, 15) is 9.90 Å². The number of amides is 1. The molecule has 1 amide bonds. The van der Waals surface area contributed by atoms with Gasteiger partial charge in [0.15, 0.2) is 0 Å². The number of nitrogens with zero attached hydrogens (tertiary/aromatic N) is 2. The summed E-state index contributed by atoms with van der Waals surface area (Å²) in [7, 11) is 1.66. The van der Waals surface area contributed by atoms with E-state index >= 15 is 0 Å². The van der Waals surface area contributed by atoms with Crippen LogP contribution in [0.15, 0.2) is 24.4 Å². The number of rotatable bonds is 6. The van der Waals surface area contributed by atoms with Crippen LogP contribution in [0, 0.1) is 11.8 Å². The van der Waals surface area contributed by atoms with Gasteiger partial charge in [-0.05, 0) is 49.7 Å². The third-order valence-electron chi connectivity index (χ3n) is 6.06. The molecule has 1 aliphatic heterocycles. The maximum atomic E-state index is 12.7. The Labute approximate surface area is 165 Å². The molecule has 150 valence electrons. The number of aliphatic hydroxyl groups excluding tert-OH is 1.